The lowest BCUT2D eigenvalue weighted by molar-refractivity contribution is 0.116. The van der Waals surface area contributed by atoms with Crippen molar-refractivity contribution in [3.63, 3.8) is 0 Å². The molecule has 0 radical (unpaired) electrons. The third-order valence-electron chi connectivity index (χ3n) is 6.09. The first-order valence-electron chi connectivity index (χ1n) is 9.38. The predicted molar refractivity (Wildman–Crippen MR) is 102 cm³/mol. The summed E-state index contributed by atoms with van der Waals surface area (Å²) in [5.74, 6) is 0. The zero-order chi connectivity index (χ0) is 18.6. The van der Waals surface area contributed by atoms with E-state index in [0.717, 1.165) is 31.6 Å². The van der Waals surface area contributed by atoms with Crippen LogP contribution in [0.1, 0.15) is 12.8 Å². The van der Waals surface area contributed by atoms with Crippen molar-refractivity contribution in [1.29, 1.82) is 0 Å². The second-order valence-electron chi connectivity index (χ2n) is 8.18. The molecule has 6 nitrogen and oxygen atoms in total. The molecule has 0 amide bonds. The van der Waals surface area contributed by atoms with E-state index in [2.05, 4.69) is 4.90 Å². The van der Waals surface area contributed by atoms with Crippen LogP contribution in [0, 0.1) is 5.41 Å². The lowest BCUT2D eigenvalue weighted by atomic mass is 10.1. The number of rotatable bonds is 6. The molecule has 0 N–H and O–H groups in total. The fourth-order valence-electron chi connectivity index (χ4n) is 4.47. The van der Waals surface area contributed by atoms with Gasteiger partial charge in [0.1, 0.15) is 5.58 Å². The fourth-order valence-corrected chi connectivity index (χ4v) is 5.93. The molecule has 2 aliphatic heterocycles. The highest BCUT2D eigenvalue weighted by molar-refractivity contribution is 7.89. The van der Waals surface area contributed by atoms with Crippen molar-refractivity contribution in [3.05, 3.63) is 41.7 Å². The molecule has 3 aliphatic rings. The topological polar surface area (TPSA) is 63.0 Å². The van der Waals surface area contributed by atoms with Gasteiger partial charge in [0.15, 0.2) is 0 Å². The van der Waals surface area contributed by atoms with Gasteiger partial charge < -0.3 is 9.15 Å². The summed E-state index contributed by atoms with van der Waals surface area (Å²) in [4.78, 5) is 2.80. The minimum absolute atomic E-state index is 0.334. The smallest absolute Gasteiger partial charge is 0.243 e. The van der Waals surface area contributed by atoms with Gasteiger partial charge in [-0.3, -0.25) is 4.90 Å². The van der Waals surface area contributed by atoms with Crippen LogP contribution in [0.15, 0.2) is 51.0 Å². The summed E-state index contributed by atoms with van der Waals surface area (Å²) < 4.78 is 38.4. The van der Waals surface area contributed by atoms with Gasteiger partial charge in [-0.15, -0.1) is 0 Å². The highest BCUT2D eigenvalue weighted by Gasteiger charge is 2.46. The van der Waals surface area contributed by atoms with E-state index < -0.39 is 10.0 Å². The van der Waals surface area contributed by atoms with Gasteiger partial charge in [-0.05, 0) is 48.3 Å². The van der Waals surface area contributed by atoms with Gasteiger partial charge in [0.2, 0.25) is 10.0 Å². The molecule has 0 unspecified atom stereocenters. The van der Waals surface area contributed by atoms with Gasteiger partial charge in [-0.25, -0.2) is 8.42 Å². The van der Waals surface area contributed by atoms with E-state index in [-0.39, 0.29) is 0 Å². The maximum Gasteiger partial charge on any atom is 0.243 e. The number of methoxy groups -OCH3 is 1. The van der Waals surface area contributed by atoms with Crippen LogP contribution in [0.5, 0.6) is 0 Å². The van der Waals surface area contributed by atoms with Gasteiger partial charge in [0.05, 0.1) is 17.8 Å². The quantitative estimate of drug-likeness (QED) is 0.712. The number of fused-ring (bicyclic) bond motifs is 1. The minimum atomic E-state index is -3.49. The highest BCUT2D eigenvalue weighted by atomic mass is 32.2. The largest absolute Gasteiger partial charge is 0.464 e. The van der Waals surface area contributed by atoms with Crippen molar-refractivity contribution in [2.24, 2.45) is 5.41 Å². The van der Waals surface area contributed by atoms with Crippen molar-refractivity contribution in [2.45, 2.75) is 17.7 Å². The molecule has 0 atom stereocenters. The third kappa shape index (κ3) is 3.02. The molecule has 5 rings (SSSR count). The third-order valence-corrected chi connectivity index (χ3v) is 7.88. The summed E-state index contributed by atoms with van der Waals surface area (Å²) in [7, 11) is -1.72. The van der Waals surface area contributed by atoms with Crippen LogP contribution < -0.4 is 0 Å². The van der Waals surface area contributed by atoms with E-state index in [0.29, 0.717) is 29.0 Å². The van der Waals surface area contributed by atoms with Gasteiger partial charge in [-0.1, -0.05) is 0 Å². The molecule has 1 saturated carbocycles. The van der Waals surface area contributed by atoms with Gasteiger partial charge in [-0.2, -0.15) is 4.31 Å². The molecule has 1 aromatic heterocycles. The lowest BCUT2D eigenvalue weighted by Crippen LogP contribution is -2.36. The molecular formula is C20H24N2O4S. The van der Waals surface area contributed by atoms with Gasteiger partial charge in [0, 0.05) is 50.6 Å². The predicted octanol–water partition coefficient (Wildman–Crippen LogP) is 2.48. The molecular weight excluding hydrogens is 364 g/mol. The van der Waals surface area contributed by atoms with Crippen LogP contribution in [0.4, 0.5) is 0 Å². The molecule has 0 bridgehead atoms. The Morgan fingerprint density at radius 1 is 1.11 bits per heavy atom. The standard InChI is InChI=1S/C20H24N2O4S/c1-25-14-20(5-6-20)13-21-9-16-11-22(12-17(16)10-21)27(23,24)18-2-3-19-15(8-18)4-7-26-19/h2-4,7-8H,5-6,9-14H2,1H3. The van der Waals surface area contributed by atoms with Crippen molar-refractivity contribution in [2.75, 3.05) is 46.4 Å². The number of hydrogen-bond acceptors (Lipinski definition) is 5. The Hall–Kier alpha value is -1.67. The second kappa shape index (κ2) is 6.17. The Morgan fingerprint density at radius 2 is 1.85 bits per heavy atom. The monoisotopic (exact) mass is 388 g/mol. The van der Waals surface area contributed by atoms with Crippen LogP contribution in [0.3, 0.4) is 0 Å². The highest BCUT2D eigenvalue weighted by Crippen LogP contribution is 2.47. The Balaban J connectivity index is 1.27. The molecule has 1 fully saturated rings. The van der Waals surface area contributed by atoms with E-state index in [1.807, 2.05) is 0 Å². The average Bonchev–Trinajstić information content (AvgIpc) is 3.00. The molecule has 2 aromatic rings. The molecule has 1 aliphatic carbocycles. The maximum atomic E-state index is 13.1. The number of hydrogen-bond donors (Lipinski definition) is 0. The Kier molecular flexibility index (Phi) is 3.98. The molecule has 27 heavy (non-hydrogen) atoms. The minimum Gasteiger partial charge on any atom is -0.464 e. The molecule has 3 heterocycles. The molecule has 144 valence electrons. The Bertz CT molecular complexity index is 1000. The molecule has 0 spiro atoms. The van der Waals surface area contributed by atoms with Crippen LogP contribution >= 0.6 is 0 Å². The van der Waals surface area contributed by atoms with E-state index in [1.54, 1.807) is 41.9 Å². The second-order valence-corrected chi connectivity index (χ2v) is 10.1. The SMILES string of the molecule is COCC1(CN2CC3=C(C2)CN(S(=O)(=O)c2ccc4occc4c2)C3)CC1. The molecule has 1 aromatic carbocycles. The summed E-state index contributed by atoms with van der Waals surface area (Å²) in [6, 6.07) is 6.86. The lowest BCUT2D eigenvalue weighted by Gasteiger charge is -2.26. The number of nitrogens with zero attached hydrogens (tertiary/aromatic N) is 2. The van der Waals surface area contributed by atoms with E-state index in [1.165, 1.54) is 24.0 Å². The van der Waals surface area contributed by atoms with Gasteiger partial charge in [0.25, 0.3) is 0 Å². The first-order valence-corrected chi connectivity index (χ1v) is 10.8. The first-order chi connectivity index (χ1) is 13.0. The maximum absolute atomic E-state index is 13.1. The number of sulfonamides is 1. The summed E-state index contributed by atoms with van der Waals surface area (Å²) in [5, 5.41) is 0.815. The van der Waals surface area contributed by atoms with Crippen molar-refractivity contribution >= 4 is 21.0 Å². The zero-order valence-corrected chi connectivity index (χ0v) is 16.3. The zero-order valence-electron chi connectivity index (χ0n) is 15.5. The molecule has 0 saturated heterocycles. The van der Waals surface area contributed by atoms with Crippen molar-refractivity contribution in [3.8, 4) is 0 Å². The first kappa shape index (κ1) is 17.4. The Labute approximate surface area is 159 Å². The fraction of sp³-hybridized carbons (Fsp3) is 0.500. The summed E-state index contributed by atoms with van der Waals surface area (Å²) in [6.45, 7) is 4.66. The van der Waals surface area contributed by atoms with Crippen molar-refractivity contribution in [1.82, 2.24) is 9.21 Å². The summed E-state index contributed by atoms with van der Waals surface area (Å²) >= 11 is 0. The van der Waals surface area contributed by atoms with Gasteiger partial charge >= 0.3 is 0 Å². The number of furan rings is 1. The van der Waals surface area contributed by atoms with E-state index in [4.69, 9.17) is 9.15 Å². The summed E-state index contributed by atoms with van der Waals surface area (Å²) in [5.41, 5.74) is 3.59. The van der Waals surface area contributed by atoms with Crippen LogP contribution in [0.2, 0.25) is 0 Å². The van der Waals surface area contributed by atoms with E-state index >= 15 is 0 Å². The number of benzene rings is 1. The van der Waals surface area contributed by atoms with Crippen LogP contribution in [-0.2, 0) is 14.8 Å². The normalized spacial score (nSPS) is 22.7. The average molecular weight is 388 g/mol. The van der Waals surface area contributed by atoms with Crippen LogP contribution in [-0.4, -0.2) is 64.1 Å². The summed E-state index contributed by atoms with van der Waals surface area (Å²) in [6.07, 6.45) is 4.05. The van der Waals surface area contributed by atoms with Crippen molar-refractivity contribution < 1.29 is 17.6 Å². The molecule has 7 heteroatoms. The Morgan fingerprint density at radius 3 is 2.52 bits per heavy atom. The van der Waals surface area contributed by atoms with E-state index in [9.17, 15) is 8.42 Å². The van der Waals surface area contributed by atoms with Crippen LogP contribution in [0.25, 0.3) is 11.0 Å². The number of ether oxygens (including phenoxy) is 1.